The van der Waals surface area contributed by atoms with Crippen LogP contribution >= 0.6 is 0 Å². The lowest BCUT2D eigenvalue weighted by molar-refractivity contribution is -0.146. The van der Waals surface area contributed by atoms with Gasteiger partial charge >= 0.3 is 5.97 Å². The molecule has 0 amide bonds. The maximum atomic E-state index is 11.4. The van der Waals surface area contributed by atoms with Gasteiger partial charge in [0.1, 0.15) is 6.04 Å². The summed E-state index contributed by atoms with van der Waals surface area (Å²) in [6.07, 6.45) is 1.76. The first kappa shape index (κ1) is 10.8. The average Bonchev–Trinajstić information content (AvgIpc) is 2.64. The van der Waals surface area contributed by atoms with Crippen LogP contribution in [0.4, 0.5) is 0 Å². The van der Waals surface area contributed by atoms with Crippen LogP contribution in [0, 0.1) is 0 Å². The van der Waals surface area contributed by atoms with E-state index in [0.29, 0.717) is 12.3 Å². The third kappa shape index (κ3) is 2.14. The van der Waals surface area contributed by atoms with E-state index >= 15 is 0 Å². The number of esters is 1. The smallest absolute Gasteiger partial charge is 0.328 e. The predicted octanol–water partition coefficient (Wildman–Crippen LogP) is 1.10. The van der Waals surface area contributed by atoms with E-state index in [9.17, 15) is 4.79 Å². The molecule has 0 aromatic carbocycles. The number of rotatable bonds is 4. The van der Waals surface area contributed by atoms with Crippen molar-refractivity contribution in [1.29, 1.82) is 0 Å². The average molecular weight is 197 g/mol. The van der Waals surface area contributed by atoms with Gasteiger partial charge in [-0.15, -0.1) is 0 Å². The Morgan fingerprint density at radius 3 is 3.00 bits per heavy atom. The molecule has 0 radical (unpaired) electrons. The van der Waals surface area contributed by atoms with Gasteiger partial charge < -0.3 is 14.4 Å². The third-order valence-electron chi connectivity index (χ3n) is 2.07. The molecule has 0 spiro atoms. The van der Waals surface area contributed by atoms with Crippen molar-refractivity contribution in [3.8, 4) is 0 Å². The van der Waals surface area contributed by atoms with Crippen molar-refractivity contribution in [2.24, 2.45) is 0 Å². The first-order chi connectivity index (χ1) is 6.70. The van der Waals surface area contributed by atoms with Crippen LogP contribution in [0.3, 0.4) is 0 Å². The molecule has 14 heavy (non-hydrogen) atoms. The van der Waals surface area contributed by atoms with Gasteiger partial charge in [0.25, 0.3) is 0 Å². The normalized spacial score (nSPS) is 12.5. The quantitative estimate of drug-likeness (QED) is 0.735. The first-order valence-electron chi connectivity index (χ1n) is 4.64. The molecule has 1 heterocycles. The molecule has 4 nitrogen and oxygen atoms in total. The van der Waals surface area contributed by atoms with E-state index in [4.69, 9.17) is 9.84 Å². The van der Waals surface area contributed by atoms with Crippen LogP contribution in [-0.4, -0.2) is 22.2 Å². The minimum atomic E-state index is -0.382. The summed E-state index contributed by atoms with van der Waals surface area (Å²) >= 11 is 0. The first-order valence-corrected chi connectivity index (χ1v) is 4.64. The van der Waals surface area contributed by atoms with E-state index in [0.717, 1.165) is 0 Å². The lowest BCUT2D eigenvalue weighted by Gasteiger charge is -2.14. The Balaban J connectivity index is 2.77. The minimum absolute atomic E-state index is 0.0727. The van der Waals surface area contributed by atoms with Crippen molar-refractivity contribution in [3.05, 3.63) is 24.0 Å². The van der Waals surface area contributed by atoms with Crippen molar-refractivity contribution in [2.45, 2.75) is 26.5 Å². The number of hydrogen-bond acceptors (Lipinski definition) is 3. The molecule has 1 aromatic heterocycles. The molecule has 4 heteroatoms. The molecule has 1 aromatic rings. The van der Waals surface area contributed by atoms with Crippen LogP contribution in [0.2, 0.25) is 0 Å². The molecular formula is C10H15NO3. The van der Waals surface area contributed by atoms with Crippen LogP contribution in [-0.2, 0) is 16.1 Å². The zero-order chi connectivity index (χ0) is 10.6. The lowest BCUT2D eigenvalue weighted by Crippen LogP contribution is -2.20. The minimum Gasteiger partial charge on any atom is -0.464 e. The van der Waals surface area contributed by atoms with E-state index in [-0.39, 0.29) is 18.6 Å². The third-order valence-corrected chi connectivity index (χ3v) is 2.07. The van der Waals surface area contributed by atoms with E-state index in [2.05, 4.69) is 0 Å². The standard InChI is InChI=1S/C10H15NO3/c1-3-14-10(13)8(2)11-6-4-5-9(11)7-12/h4-6,8,12H,3,7H2,1-2H3. The number of ether oxygens (including phenoxy) is 1. The lowest BCUT2D eigenvalue weighted by atomic mass is 10.3. The molecule has 0 aliphatic heterocycles. The fourth-order valence-corrected chi connectivity index (χ4v) is 1.32. The van der Waals surface area contributed by atoms with Crippen molar-refractivity contribution in [3.63, 3.8) is 0 Å². The van der Waals surface area contributed by atoms with Gasteiger partial charge in [0.05, 0.1) is 13.2 Å². The number of aromatic nitrogens is 1. The fourth-order valence-electron chi connectivity index (χ4n) is 1.32. The highest BCUT2D eigenvalue weighted by molar-refractivity contribution is 5.73. The van der Waals surface area contributed by atoms with Gasteiger partial charge in [0.2, 0.25) is 0 Å². The zero-order valence-corrected chi connectivity index (χ0v) is 8.43. The Hall–Kier alpha value is -1.29. The van der Waals surface area contributed by atoms with E-state index in [1.807, 2.05) is 0 Å². The number of aliphatic hydroxyl groups excluding tert-OH is 1. The number of aliphatic hydroxyl groups is 1. The molecule has 78 valence electrons. The van der Waals surface area contributed by atoms with Gasteiger partial charge in [-0.25, -0.2) is 4.79 Å². The van der Waals surface area contributed by atoms with Gasteiger partial charge in [-0.05, 0) is 26.0 Å². The second kappa shape index (κ2) is 4.81. The Morgan fingerprint density at radius 2 is 2.43 bits per heavy atom. The number of carbonyl (C=O) groups excluding carboxylic acids is 1. The van der Waals surface area contributed by atoms with Crippen LogP contribution in [0.15, 0.2) is 18.3 Å². The van der Waals surface area contributed by atoms with E-state index in [1.165, 1.54) is 0 Å². The van der Waals surface area contributed by atoms with Crippen LogP contribution in [0.1, 0.15) is 25.6 Å². The maximum absolute atomic E-state index is 11.4. The zero-order valence-electron chi connectivity index (χ0n) is 8.43. The maximum Gasteiger partial charge on any atom is 0.328 e. The molecule has 0 aliphatic carbocycles. The molecular weight excluding hydrogens is 182 g/mol. The molecule has 1 rings (SSSR count). The van der Waals surface area contributed by atoms with Crippen molar-refractivity contribution in [1.82, 2.24) is 4.57 Å². The molecule has 1 unspecified atom stereocenters. The monoisotopic (exact) mass is 197 g/mol. The van der Waals surface area contributed by atoms with Gasteiger partial charge in [0, 0.05) is 11.9 Å². The largest absolute Gasteiger partial charge is 0.464 e. The van der Waals surface area contributed by atoms with Crippen molar-refractivity contribution < 1.29 is 14.6 Å². The Labute approximate surface area is 83.1 Å². The molecule has 0 fully saturated rings. The second-order valence-electron chi connectivity index (χ2n) is 2.99. The van der Waals surface area contributed by atoms with Crippen molar-refractivity contribution >= 4 is 5.97 Å². The molecule has 1 N–H and O–H groups in total. The Kier molecular flexibility index (Phi) is 3.71. The summed E-state index contributed by atoms with van der Waals surface area (Å²) in [5.41, 5.74) is 0.713. The highest BCUT2D eigenvalue weighted by atomic mass is 16.5. The summed E-state index contributed by atoms with van der Waals surface area (Å²) in [7, 11) is 0. The van der Waals surface area contributed by atoms with E-state index < -0.39 is 0 Å². The highest BCUT2D eigenvalue weighted by Crippen LogP contribution is 2.13. The van der Waals surface area contributed by atoms with Crippen LogP contribution < -0.4 is 0 Å². The summed E-state index contributed by atoms with van der Waals surface area (Å²) in [6.45, 7) is 3.82. The topological polar surface area (TPSA) is 51.5 Å². The number of hydrogen-bond donors (Lipinski definition) is 1. The molecule has 0 aliphatic rings. The van der Waals surface area contributed by atoms with Crippen LogP contribution in [0.5, 0.6) is 0 Å². The second-order valence-corrected chi connectivity index (χ2v) is 2.99. The molecule has 0 bridgehead atoms. The summed E-state index contributed by atoms with van der Waals surface area (Å²) < 4.78 is 6.59. The van der Waals surface area contributed by atoms with Crippen LogP contribution in [0.25, 0.3) is 0 Å². The van der Waals surface area contributed by atoms with Gasteiger partial charge in [-0.3, -0.25) is 0 Å². The number of carbonyl (C=O) groups is 1. The van der Waals surface area contributed by atoms with Gasteiger partial charge in [-0.1, -0.05) is 0 Å². The fraction of sp³-hybridized carbons (Fsp3) is 0.500. The summed E-state index contributed by atoms with van der Waals surface area (Å²) in [6, 6.07) is 3.18. The molecule has 1 atom stereocenters. The molecule has 0 saturated heterocycles. The SMILES string of the molecule is CCOC(=O)C(C)n1cccc1CO. The summed E-state index contributed by atoms with van der Waals surface area (Å²) in [5.74, 6) is -0.279. The predicted molar refractivity (Wildman–Crippen MR) is 51.7 cm³/mol. The van der Waals surface area contributed by atoms with E-state index in [1.54, 1.807) is 36.7 Å². The summed E-state index contributed by atoms with van der Waals surface area (Å²) in [4.78, 5) is 11.4. The van der Waals surface area contributed by atoms with Crippen molar-refractivity contribution in [2.75, 3.05) is 6.61 Å². The van der Waals surface area contributed by atoms with Gasteiger partial charge in [0.15, 0.2) is 0 Å². The summed E-state index contributed by atoms with van der Waals surface area (Å²) in [5, 5.41) is 8.99. The highest BCUT2D eigenvalue weighted by Gasteiger charge is 2.17. The van der Waals surface area contributed by atoms with Gasteiger partial charge in [-0.2, -0.15) is 0 Å². The molecule has 0 saturated carbocycles. The Morgan fingerprint density at radius 1 is 1.71 bits per heavy atom. The Bertz CT molecular complexity index is 306. The number of nitrogens with zero attached hydrogens (tertiary/aromatic N) is 1.